The minimum atomic E-state index is -0.407. The summed E-state index contributed by atoms with van der Waals surface area (Å²) in [6, 6.07) is 14.5. The van der Waals surface area contributed by atoms with Crippen LogP contribution < -0.4 is 15.0 Å². The molecular formula is C24H27N3O5. The van der Waals surface area contributed by atoms with E-state index in [1.165, 1.54) is 0 Å². The average Bonchev–Trinajstić information content (AvgIpc) is 3.24. The van der Waals surface area contributed by atoms with Gasteiger partial charge in [0.1, 0.15) is 5.75 Å². The highest BCUT2D eigenvalue weighted by atomic mass is 16.5. The smallest absolute Gasteiger partial charge is 0.254 e. The summed E-state index contributed by atoms with van der Waals surface area (Å²) < 4.78 is 10.5. The fourth-order valence-electron chi connectivity index (χ4n) is 3.96. The van der Waals surface area contributed by atoms with Crippen LogP contribution in [0.5, 0.6) is 5.75 Å². The number of rotatable bonds is 6. The van der Waals surface area contributed by atoms with E-state index in [0.29, 0.717) is 50.7 Å². The van der Waals surface area contributed by atoms with Gasteiger partial charge in [-0.25, -0.2) is 0 Å². The highest BCUT2D eigenvalue weighted by molar-refractivity contribution is 6.00. The lowest BCUT2D eigenvalue weighted by atomic mass is 10.1. The van der Waals surface area contributed by atoms with E-state index in [4.69, 9.17) is 9.47 Å². The van der Waals surface area contributed by atoms with Crippen LogP contribution in [0.2, 0.25) is 0 Å². The van der Waals surface area contributed by atoms with Crippen LogP contribution in [0, 0.1) is 5.92 Å². The molecule has 0 aromatic heterocycles. The van der Waals surface area contributed by atoms with Crippen molar-refractivity contribution in [2.75, 3.05) is 44.9 Å². The van der Waals surface area contributed by atoms with Crippen molar-refractivity contribution in [3.05, 3.63) is 59.7 Å². The summed E-state index contributed by atoms with van der Waals surface area (Å²) in [5.41, 5.74) is 2.24. The number of nitrogens with zero attached hydrogens (tertiary/aromatic N) is 2. The first-order valence-electron chi connectivity index (χ1n) is 10.7. The quantitative estimate of drug-likeness (QED) is 0.745. The second-order valence-electron chi connectivity index (χ2n) is 7.93. The highest BCUT2D eigenvalue weighted by Crippen LogP contribution is 2.28. The van der Waals surface area contributed by atoms with Crippen molar-refractivity contribution in [2.45, 2.75) is 13.0 Å². The first kappa shape index (κ1) is 21.8. The van der Waals surface area contributed by atoms with Gasteiger partial charge in [-0.15, -0.1) is 0 Å². The Bertz CT molecular complexity index is 985. The van der Waals surface area contributed by atoms with Crippen LogP contribution in [0.3, 0.4) is 0 Å². The molecule has 2 aliphatic heterocycles. The molecule has 2 fully saturated rings. The highest BCUT2D eigenvalue weighted by Gasteiger charge is 2.35. The summed E-state index contributed by atoms with van der Waals surface area (Å²) in [6.07, 6.45) is 0.177. The van der Waals surface area contributed by atoms with Gasteiger partial charge in [0.2, 0.25) is 11.8 Å². The average molecular weight is 437 g/mol. The van der Waals surface area contributed by atoms with E-state index in [1.54, 1.807) is 35.1 Å². The van der Waals surface area contributed by atoms with Crippen molar-refractivity contribution in [3.8, 4) is 5.75 Å². The van der Waals surface area contributed by atoms with E-state index in [0.717, 1.165) is 11.3 Å². The SMILES string of the molecule is COc1cccc(N2CC(C(=O)NCc3ccc(C(=O)N4CCOCC4)cc3)CC2=O)c1. The molecule has 0 radical (unpaired) electrons. The molecule has 1 atom stereocenters. The Labute approximate surface area is 187 Å². The fourth-order valence-corrected chi connectivity index (χ4v) is 3.96. The standard InChI is InChI=1S/C24H27N3O5/c1-31-21-4-2-3-20(14-21)27-16-19(13-22(27)28)23(29)25-15-17-5-7-18(8-6-17)24(30)26-9-11-32-12-10-26/h2-8,14,19H,9-13,15-16H2,1H3,(H,25,29). The predicted molar refractivity (Wildman–Crippen MR) is 118 cm³/mol. The van der Waals surface area contributed by atoms with Crippen LogP contribution in [0.15, 0.2) is 48.5 Å². The Balaban J connectivity index is 1.31. The lowest BCUT2D eigenvalue weighted by Crippen LogP contribution is -2.40. The van der Waals surface area contributed by atoms with Crippen molar-refractivity contribution >= 4 is 23.4 Å². The van der Waals surface area contributed by atoms with Crippen LogP contribution in [0.25, 0.3) is 0 Å². The summed E-state index contributed by atoms with van der Waals surface area (Å²) in [6.45, 7) is 3.01. The van der Waals surface area contributed by atoms with E-state index < -0.39 is 5.92 Å². The van der Waals surface area contributed by atoms with Crippen molar-refractivity contribution in [3.63, 3.8) is 0 Å². The summed E-state index contributed by atoms with van der Waals surface area (Å²) in [5.74, 6) is 0.0159. The lowest BCUT2D eigenvalue weighted by molar-refractivity contribution is -0.126. The van der Waals surface area contributed by atoms with E-state index >= 15 is 0 Å². The number of hydrogen-bond acceptors (Lipinski definition) is 5. The van der Waals surface area contributed by atoms with Gasteiger partial charge < -0.3 is 24.6 Å². The third-order valence-electron chi connectivity index (χ3n) is 5.83. The maximum Gasteiger partial charge on any atom is 0.254 e. The number of morpholine rings is 1. The van der Waals surface area contributed by atoms with Gasteiger partial charge in [-0.3, -0.25) is 14.4 Å². The molecule has 0 bridgehead atoms. The minimum absolute atomic E-state index is 0.00834. The van der Waals surface area contributed by atoms with Crippen LogP contribution in [-0.2, 0) is 20.9 Å². The molecule has 32 heavy (non-hydrogen) atoms. The maximum absolute atomic E-state index is 12.7. The number of carbonyl (C=O) groups excluding carboxylic acids is 3. The minimum Gasteiger partial charge on any atom is -0.497 e. The van der Waals surface area contributed by atoms with Crippen LogP contribution in [0.4, 0.5) is 5.69 Å². The van der Waals surface area contributed by atoms with Crippen LogP contribution >= 0.6 is 0 Å². The van der Waals surface area contributed by atoms with E-state index in [1.807, 2.05) is 30.3 Å². The Kier molecular flexibility index (Phi) is 6.70. The summed E-state index contributed by atoms with van der Waals surface area (Å²) in [4.78, 5) is 41.0. The molecule has 168 valence electrons. The first-order valence-corrected chi connectivity index (χ1v) is 10.7. The molecule has 8 heteroatoms. The molecule has 4 rings (SSSR count). The number of ether oxygens (including phenoxy) is 2. The second-order valence-corrected chi connectivity index (χ2v) is 7.93. The van der Waals surface area contributed by atoms with E-state index in [2.05, 4.69) is 5.32 Å². The number of amides is 3. The summed E-state index contributed by atoms with van der Waals surface area (Å²) in [7, 11) is 1.58. The third kappa shape index (κ3) is 4.91. The largest absolute Gasteiger partial charge is 0.497 e. The predicted octanol–water partition coefficient (Wildman–Crippen LogP) is 1.84. The third-order valence-corrected chi connectivity index (χ3v) is 5.83. The zero-order chi connectivity index (χ0) is 22.5. The Hall–Kier alpha value is -3.39. The maximum atomic E-state index is 12.7. The molecule has 0 spiro atoms. The van der Waals surface area contributed by atoms with Gasteiger partial charge in [0.05, 0.1) is 26.2 Å². The van der Waals surface area contributed by atoms with E-state index in [9.17, 15) is 14.4 Å². The van der Waals surface area contributed by atoms with Crippen molar-refractivity contribution in [1.29, 1.82) is 0 Å². The molecular weight excluding hydrogens is 410 g/mol. The second kappa shape index (κ2) is 9.82. The van der Waals surface area contributed by atoms with Gasteiger partial charge in [-0.2, -0.15) is 0 Å². The fraction of sp³-hybridized carbons (Fsp3) is 0.375. The van der Waals surface area contributed by atoms with Crippen molar-refractivity contribution in [1.82, 2.24) is 10.2 Å². The molecule has 2 aromatic rings. The van der Waals surface area contributed by atoms with Gasteiger partial charge in [0, 0.05) is 49.9 Å². The zero-order valence-electron chi connectivity index (χ0n) is 18.1. The van der Waals surface area contributed by atoms with Crippen LogP contribution in [0.1, 0.15) is 22.3 Å². The molecule has 2 aromatic carbocycles. The lowest BCUT2D eigenvalue weighted by Gasteiger charge is -2.26. The number of benzene rings is 2. The van der Waals surface area contributed by atoms with Gasteiger partial charge in [0.15, 0.2) is 0 Å². The molecule has 0 saturated carbocycles. The molecule has 8 nitrogen and oxygen atoms in total. The normalized spacial score (nSPS) is 18.5. The van der Waals surface area contributed by atoms with Crippen molar-refractivity contribution < 1.29 is 23.9 Å². The summed E-state index contributed by atoms with van der Waals surface area (Å²) >= 11 is 0. The molecule has 1 N–H and O–H groups in total. The Morgan fingerprint density at radius 2 is 1.88 bits per heavy atom. The first-order chi connectivity index (χ1) is 15.5. The van der Waals surface area contributed by atoms with Crippen LogP contribution in [-0.4, -0.2) is 62.6 Å². The van der Waals surface area contributed by atoms with Crippen molar-refractivity contribution in [2.24, 2.45) is 5.92 Å². The molecule has 2 heterocycles. The number of anilines is 1. The zero-order valence-corrected chi connectivity index (χ0v) is 18.1. The van der Waals surface area contributed by atoms with Gasteiger partial charge in [0.25, 0.3) is 5.91 Å². The molecule has 2 saturated heterocycles. The molecule has 3 amide bonds. The topological polar surface area (TPSA) is 88.2 Å². The number of carbonyl (C=O) groups is 3. The van der Waals surface area contributed by atoms with Gasteiger partial charge in [-0.05, 0) is 29.8 Å². The molecule has 2 aliphatic rings. The number of methoxy groups -OCH3 is 1. The molecule has 1 unspecified atom stereocenters. The molecule has 0 aliphatic carbocycles. The summed E-state index contributed by atoms with van der Waals surface area (Å²) in [5, 5.41) is 2.91. The number of nitrogens with one attached hydrogen (secondary N) is 1. The Morgan fingerprint density at radius 1 is 1.12 bits per heavy atom. The Morgan fingerprint density at radius 3 is 2.59 bits per heavy atom. The number of hydrogen-bond donors (Lipinski definition) is 1. The van der Waals surface area contributed by atoms with Gasteiger partial charge >= 0.3 is 0 Å². The monoisotopic (exact) mass is 437 g/mol. The van der Waals surface area contributed by atoms with Gasteiger partial charge in [-0.1, -0.05) is 18.2 Å². The van der Waals surface area contributed by atoms with E-state index in [-0.39, 0.29) is 24.1 Å².